The lowest BCUT2D eigenvalue weighted by molar-refractivity contribution is -0.0717. The van der Waals surface area contributed by atoms with Crippen LogP contribution in [0.3, 0.4) is 0 Å². The lowest BCUT2D eigenvalue weighted by Crippen LogP contribution is -2.39. The lowest BCUT2D eigenvalue weighted by atomic mass is 9.95. The Bertz CT molecular complexity index is 325. The van der Waals surface area contributed by atoms with E-state index in [4.69, 9.17) is 4.74 Å². The van der Waals surface area contributed by atoms with Crippen molar-refractivity contribution in [3.05, 3.63) is 0 Å². The number of halogens is 3. The third-order valence-corrected chi connectivity index (χ3v) is 3.55. The molecule has 16 heavy (non-hydrogen) atoms. The highest BCUT2D eigenvalue weighted by Crippen LogP contribution is 2.30. The van der Waals surface area contributed by atoms with E-state index in [1.54, 1.807) is 0 Å². The van der Waals surface area contributed by atoms with Crippen LogP contribution in [0.25, 0.3) is 0 Å². The number of hydrogen-bond donors (Lipinski definition) is 0. The SMILES string of the molecule is CO[C@@H]1CCCC[C@H]1OS(=O)(=O)C(F)(F)F. The van der Waals surface area contributed by atoms with Crippen molar-refractivity contribution >= 4 is 10.1 Å². The molecule has 0 bridgehead atoms. The molecule has 0 radical (unpaired) electrons. The van der Waals surface area contributed by atoms with Gasteiger partial charge in [0.1, 0.15) is 6.10 Å². The van der Waals surface area contributed by atoms with Crippen LogP contribution in [0.15, 0.2) is 0 Å². The second-order valence-corrected chi connectivity index (χ2v) is 5.16. The molecular weight excluding hydrogens is 249 g/mol. The van der Waals surface area contributed by atoms with Crippen LogP contribution in [0.5, 0.6) is 0 Å². The van der Waals surface area contributed by atoms with E-state index < -0.39 is 27.8 Å². The lowest BCUT2D eigenvalue weighted by Gasteiger charge is -2.29. The van der Waals surface area contributed by atoms with Gasteiger partial charge in [-0.3, -0.25) is 4.18 Å². The Hall–Kier alpha value is -0.340. The number of rotatable bonds is 3. The molecule has 0 aliphatic heterocycles. The Morgan fingerprint density at radius 3 is 2.06 bits per heavy atom. The highest BCUT2D eigenvalue weighted by Gasteiger charge is 2.49. The summed E-state index contributed by atoms with van der Waals surface area (Å²) in [6.07, 6.45) is 0.571. The Morgan fingerprint density at radius 2 is 1.62 bits per heavy atom. The highest BCUT2D eigenvalue weighted by molar-refractivity contribution is 7.87. The summed E-state index contributed by atoms with van der Waals surface area (Å²) in [7, 11) is -4.19. The zero-order valence-electron chi connectivity index (χ0n) is 8.66. The van der Waals surface area contributed by atoms with Crippen molar-refractivity contribution in [2.45, 2.75) is 43.4 Å². The van der Waals surface area contributed by atoms with E-state index in [0.717, 1.165) is 6.42 Å². The summed E-state index contributed by atoms with van der Waals surface area (Å²) >= 11 is 0. The molecule has 0 spiro atoms. The van der Waals surface area contributed by atoms with Crippen molar-refractivity contribution in [1.82, 2.24) is 0 Å². The van der Waals surface area contributed by atoms with Crippen LogP contribution >= 0.6 is 0 Å². The molecule has 1 fully saturated rings. The quantitative estimate of drug-likeness (QED) is 0.575. The molecule has 4 nitrogen and oxygen atoms in total. The maximum absolute atomic E-state index is 12.1. The van der Waals surface area contributed by atoms with E-state index in [0.29, 0.717) is 12.8 Å². The summed E-state index contributed by atoms with van der Waals surface area (Å²) in [5.41, 5.74) is -5.37. The first-order valence-corrected chi connectivity index (χ1v) is 6.21. The van der Waals surface area contributed by atoms with Gasteiger partial charge in [0.25, 0.3) is 0 Å². The average molecular weight is 262 g/mol. The summed E-state index contributed by atoms with van der Waals surface area (Å²) in [6, 6.07) is 0. The summed E-state index contributed by atoms with van der Waals surface area (Å²) in [6.45, 7) is 0. The molecule has 0 N–H and O–H groups in total. The van der Waals surface area contributed by atoms with Crippen LogP contribution in [-0.2, 0) is 19.0 Å². The van der Waals surface area contributed by atoms with Crippen molar-refractivity contribution in [3.8, 4) is 0 Å². The summed E-state index contributed by atoms with van der Waals surface area (Å²) in [4.78, 5) is 0. The average Bonchev–Trinajstić information content (AvgIpc) is 2.16. The Morgan fingerprint density at radius 1 is 1.12 bits per heavy atom. The number of alkyl halides is 3. The molecule has 0 aromatic heterocycles. The fourth-order valence-corrected chi connectivity index (χ4v) is 2.31. The minimum Gasteiger partial charge on any atom is -0.379 e. The van der Waals surface area contributed by atoms with E-state index in [2.05, 4.69) is 4.18 Å². The van der Waals surface area contributed by atoms with Crippen LogP contribution in [0, 0.1) is 0 Å². The fraction of sp³-hybridized carbons (Fsp3) is 1.00. The van der Waals surface area contributed by atoms with E-state index >= 15 is 0 Å². The van der Waals surface area contributed by atoms with Gasteiger partial charge in [0, 0.05) is 7.11 Å². The molecular formula is C8H13F3O4S. The van der Waals surface area contributed by atoms with E-state index in [1.165, 1.54) is 7.11 Å². The topological polar surface area (TPSA) is 52.6 Å². The highest BCUT2D eigenvalue weighted by atomic mass is 32.2. The van der Waals surface area contributed by atoms with Crippen LogP contribution in [0.1, 0.15) is 25.7 Å². The Balaban J connectivity index is 2.72. The maximum atomic E-state index is 12.1. The minimum atomic E-state index is -5.52. The van der Waals surface area contributed by atoms with Gasteiger partial charge in [-0.05, 0) is 12.8 Å². The molecule has 1 saturated carbocycles. The third kappa shape index (κ3) is 3.08. The van der Waals surface area contributed by atoms with E-state index in [9.17, 15) is 21.6 Å². The van der Waals surface area contributed by atoms with Crippen molar-refractivity contribution in [2.75, 3.05) is 7.11 Å². The minimum absolute atomic E-state index is 0.258. The Labute approximate surface area is 91.8 Å². The first-order valence-electron chi connectivity index (χ1n) is 4.80. The van der Waals surface area contributed by atoms with Crippen LogP contribution in [0.4, 0.5) is 13.2 Å². The first kappa shape index (κ1) is 13.7. The molecule has 1 rings (SSSR count). The van der Waals surface area contributed by atoms with Crippen molar-refractivity contribution in [1.29, 1.82) is 0 Å². The van der Waals surface area contributed by atoms with E-state index in [-0.39, 0.29) is 6.42 Å². The van der Waals surface area contributed by atoms with Crippen LogP contribution < -0.4 is 0 Å². The monoisotopic (exact) mass is 262 g/mol. The summed E-state index contributed by atoms with van der Waals surface area (Å²) < 4.78 is 66.8. The first-order chi connectivity index (χ1) is 7.28. The van der Waals surface area contributed by atoms with Gasteiger partial charge in [-0.2, -0.15) is 21.6 Å². The van der Waals surface area contributed by atoms with Gasteiger partial charge in [0.15, 0.2) is 0 Å². The van der Waals surface area contributed by atoms with Crippen LogP contribution in [-0.4, -0.2) is 33.2 Å². The van der Waals surface area contributed by atoms with Gasteiger partial charge in [-0.25, -0.2) is 0 Å². The zero-order chi connectivity index (χ0) is 12.4. The van der Waals surface area contributed by atoms with Crippen LogP contribution in [0.2, 0.25) is 0 Å². The third-order valence-electron chi connectivity index (χ3n) is 2.48. The van der Waals surface area contributed by atoms with Gasteiger partial charge in [0.2, 0.25) is 0 Å². The molecule has 0 saturated heterocycles. The smallest absolute Gasteiger partial charge is 0.379 e. The van der Waals surface area contributed by atoms with Gasteiger partial charge >= 0.3 is 15.6 Å². The predicted molar refractivity (Wildman–Crippen MR) is 49.1 cm³/mol. The molecule has 0 amide bonds. The van der Waals surface area contributed by atoms with Crippen molar-refractivity contribution in [3.63, 3.8) is 0 Å². The standard InChI is InChI=1S/C8H13F3O4S/c1-14-6-4-2-3-5-7(6)15-16(12,13)8(9,10)11/h6-7H,2-5H2,1H3/t6-,7-/m1/s1. The fourth-order valence-electron chi connectivity index (χ4n) is 1.66. The second-order valence-electron chi connectivity index (χ2n) is 3.59. The largest absolute Gasteiger partial charge is 0.523 e. The summed E-state index contributed by atoms with van der Waals surface area (Å²) in [5, 5.41) is 0. The molecule has 0 aromatic rings. The molecule has 1 aliphatic carbocycles. The molecule has 2 atom stereocenters. The van der Waals surface area contributed by atoms with Crippen molar-refractivity contribution < 1.29 is 30.5 Å². The molecule has 0 heterocycles. The number of ether oxygens (including phenoxy) is 1. The van der Waals surface area contributed by atoms with Gasteiger partial charge < -0.3 is 4.74 Å². The van der Waals surface area contributed by atoms with Crippen molar-refractivity contribution in [2.24, 2.45) is 0 Å². The molecule has 96 valence electrons. The Kier molecular flexibility index (Phi) is 4.19. The molecule has 0 aromatic carbocycles. The number of methoxy groups -OCH3 is 1. The van der Waals surface area contributed by atoms with Gasteiger partial charge in [-0.15, -0.1) is 0 Å². The zero-order valence-corrected chi connectivity index (χ0v) is 9.47. The summed E-state index contributed by atoms with van der Waals surface area (Å²) in [5.74, 6) is 0. The molecule has 8 heteroatoms. The molecule has 1 aliphatic rings. The van der Waals surface area contributed by atoms with Gasteiger partial charge in [0.05, 0.1) is 6.10 Å². The molecule has 0 unspecified atom stereocenters. The second kappa shape index (κ2) is 4.89. The van der Waals surface area contributed by atoms with E-state index in [1.807, 2.05) is 0 Å². The van der Waals surface area contributed by atoms with Gasteiger partial charge in [-0.1, -0.05) is 12.8 Å². The normalized spacial score (nSPS) is 28.0. The maximum Gasteiger partial charge on any atom is 0.523 e. The predicted octanol–water partition coefficient (Wildman–Crippen LogP) is 1.81. The number of hydrogen-bond acceptors (Lipinski definition) is 4.